The van der Waals surface area contributed by atoms with Crippen LogP contribution in [0, 0.1) is 0 Å². The van der Waals surface area contributed by atoms with E-state index < -0.39 is 0 Å². The van der Waals surface area contributed by atoms with Crippen molar-refractivity contribution < 1.29 is 0 Å². The van der Waals surface area contributed by atoms with Crippen LogP contribution in [-0.4, -0.2) is 4.57 Å². The van der Waals surface area contributed by atoms with Crippen LogP contribution in [0.4, 0.5) is 17.1 Å². The molecular formula is C60H42N2. The minimum atomic E-state index is 1.09. The highest BCUT2D eigenvalue weighted by Crippen LogP contribution is 2.44. The zero-order valence-electron chi connectivity index (χ0n) is 34.1. The van der Waals surface area contributed by atoms with Crippen LogP contribution in [0.1, 0.15) is 0 Å². The van der Waals surface area contributed by atoms with E-state index >= 15 is 0 Å². The Hall–Kier alpha value is -8.20. The number of aromatic nitrogens is 1. The van der Waals surface area contributed by atoms with Crippen molar-refractivity contribution in [2.24, 2.45) is 0 Å². The van der Waals surface area contributed by atoms with Gasteiger partial charge in [-0.25, -0.2) is 0 Å². The first kappa shape index (κ1) is 36.8. The highest BCUT2D eigenvalue weighted by atomic mass is 15.1. The fourth-order valence-corrected chi connectivity index (χ4v) is 9.03. The Morgan fingerprint density at radius 3 is 1.27 bits per heavy atom. The van der Waals surface area contributed by atoms with Crippen molar-refractivity contribution in [2.45, 2.75) is 0 Å². The topological polar surface area (TPSA) is 8.17 Å². The molecule has 11 rings (SSSR count). The summed E-state index contributed by atoms with van der Waals surface area (Å²) in [7, 11) is 0. The fourth-order valence-electron chi connectivity index (χ4n) is 9.03. The number of fused-ring (bicyclic) bond motifs is 3. The van der Waals surface area contributed by atoms with E-state index in [1.54, 1.807) is 0 Å². The molecule has 0 amide bonds. The van der Waals surface area contributed by atoms with Gasteiger partial charge in [0.1, 0.15) is 0 Å². The lowest BCUT2D eigenvalue weighted by molar-refractivity contribution is 1.18. The maximum atomic E-state index is 2.40. The van der Waals surface area contributed by atoms with E-state index in [1.165, 1.54) is 66.3 Å². The Morgan fingerprint density at radius 2 is 0.677 bits per heavy atom. The molecule has 0 atom stereocenters. The molecule has 0 aliphatic heterocycles. The van der Waals surface area contributed by atoms with Gasteiger partial charge in [0.25, 0.3) is 0 Å². The average Bonchev–Trinajstić information content (AvgIpc) is 3.70. The number of para-hydroxylation sites is 3. The Labute approximate surface area is 362 Å². The molecule has 10 aromatic carbocycles. The smallest absolute Gasteiger partial charge is 0.0547 e. The van der Waals surface area contributed by atoms with Gasteiger partial charge in [-0.1, -0.05) is 194 Å². The maximum absolute atomic E-state index is 2.40. The summed E-state index contributed by atoms with van der Waals surface area (Å²) < 4.78 is 2.39. The number of nitrogens with zero attached hydrogens (tertiary/aromatic N) is 2. The highest BCUT2D eigenvalue weighted by Gasteiger charge is 2.20. The van der Waals surface area contributed by atoms with Gasteiger partial charge in [-0.15, -0.1) is 0 Å². The van der Waals surface area contributed by atoms with E-state index in [0.29, 0.717) is 0 Å². The molecule has 0 saturated carbocycles. The molecule has 0 fully saturated rings. The molecule has 0 radical (unpaired) electrons. The second kappa shape index (κ2) is 16.1. The predicted octanol–water partition coefficient (Wildman–Crippen LogP) is 16.6. The van der Waals surface area contributed by atoms with E-state index in [-0.39, 0.29) is 0 Å². The minimum absolute atomic E-state index is 1.09. The van der Waals surface area contributed by atoms with E-state index in [0.717, 1.165) is 33.9 Å². The molecule has 0 aliphatic carbocycles. The molecule has 1 aromatic heterocycles. The second-order valence-corrected chi connectivity index (χ2v) is 15.7. The number of hydrogen-bond acceptors (Lipinski definition) is 1. The summed E-state index contributed by atoms with van der Waals surface area (Å²) in [6.45, 7) is 0. The molecule has 1 heterocycles. The van der Waals surface area contributed by atoms with Crippen molar-refractivity contribution in [2.75, 3.05) is 4.90 Å². The quantitative estimate of drug-likeness (QED) is 0.141. The summed E-state index contributed by atoms with van der Waals surface area (Å²) in [5.41, 5.74) is 18.7. The van der Waals surface area contributed by atoms with Crippen molar-refractivity contribution in [3.8, 4) is 61.3 Å². The molecular weight excluding hydrogens is 749 g/mol. The van der Waals surface area contributed by atoms with Crippen LogP contribution in [0.2, 0.25) is 0 Å². The highest BCUT2D eigenvalue weighted by molar-refractivity contribution is 6.16. The van der Waals surface area contributed by atoms with Crippen molar-refractivity contribution in [3.05, 3.63) is 255 Å². The zero-order chi connectivity index (χ0) is 41.2. The Balaban J connectivity index is 1.01. The summed E-state index contributed by atoms with van der Waals surface area (Å²) in [5, 5.41) is 2.50. The first-order chi connectivity index (χ1) is 30.8. The minimum Gasteiger partial charge on any atom is -0.310 e. The molecule has 11 aromatic rings. The van der Waals surface area contributed by atoms with Gasteiger partial charge in [-0.2, -0.15) is 0 Å². The van der Waals surface area contributed by atoms with Crippen LogP contribution < -0.4 is 4.90 Å². The lowest BCUT2D eigenvalue weighted by atomic mass is 9.94. The largest absolute Gasteiger partial charge is 0.310 e. The van der Waals surface area contributed by atoms with Gasteiger partial charge in [0.2, 0.25) is 0 Å². The summed E-state index contributed by atoms with van der Waals surface area (Å²) in [4.78, 5) is 2.40. The van der Waals surface area contributed by atoms with Crippen molar-refractivity contribution in [1.29, 1.82) is 0 Å². The van der Waals surface area contributed by atoms with Gasteiger partial charge in [-0.05, 0) is 111 Å². The van der Waals surface area contributed by atoms with Gasteiger partial charge in [0, 0.05) is 33.4 Å². The SMILES string of the molecule is c1ccc(-c2ccc(-c3ccc(N(c4ccc(-c5ccccc5)cc4)c4ccccc4-c4cccc(-c5cccc6c5c5ccccc5n6-c5ccccc5)c4)cc3)cc2)cc1. The fraction of sp³-hybridized carbons (Fsp3) is 0. The van der Waals surface area contributed by atoms with Crippen LogP contribution in [0.3, 0.4) is 0 Å². The van der Waals surface area contributed by atoms with Gasteiger partial charge in [0.15, 0.2) is 0 Å². The van der Waals surface area contributed by atoms with Crippen molar-refractivity contribution in [3.63, 3.8) is 0 Å². The molecule has 62 heavy (non-hydrogen) atoms. The second-order valence-electron chi connectivity index (χ2n) is 15.7. The van der Waals surface area contributed by atoms with E-state index in [9.17, 15) is 0 Å². The summed E-state index contributed by atoms with van der Waals surface area (Å²) in [6, 6.07) is 92.0. The number of anilines is 3. The molecule has 0 unspecified atom stereocenters. The molecule has 0 aliphatic rings. The van der Waals surface area contributed by atoms with Crippen LogP contribution in [0.25, 0.3) is 83.1 Å². The third kappa shape index (κ3) is 6.84. The Morgan fingerprint density at radius 1 is 0.274 bits per heavy atom. The molecule has 292 valence electrons. The first-order valence-electron chi connectivity index (χ1n) is 21.3. The number of hydrogen-bond donors (Lipinski definition) is 0. The first-order valence-corrected chi connectivity index (χ1v) is 21.3. The van der Waals surface area contributed by atoms with E-state index in [2.05, 4.69) is 264 Å². The third-order valence-electron chi connectivity index (χ3n) is 12.0. The summed E-state index contributed by atoms with van der Waals surface area (Å²) in [6.07, 6.45) is 0. The van der Waals surface area contributed by atoms with Crippen molar-refractivity contribution in [1.82, 2.24) is 4.57 Å². The van der Waals surface area contributed by atoms with Crippen molar-refractivity contribution >= 4 is 38.9 Å². The molecule has 2 heteroatoms. The molecule has 0 bridgehead atoms. The van der Waals surface area contributed by atoms with Gasteiger partial charge in [-0.3, -0.25) is 0 Å². The van der Waals surface area contributed by atoms with E-state index in [4.69, 9.17) is 0 Å². The number of benzene rings is 10. The van der Waals surface area contributed by atoms with Gasteiger partial charge < -0.3 is 9.47 Å². The Bertz CT molecular complexity index is 3290. The van der Waals surface area contributed by atoms with Crippen LogP contribution in [0.15, 0.2) is 255 Å². The standard InChI is InChI=1S/C60H42N2/c1-4-16-43(17-5-1)45-30-32-46(33-31-45)48-36-40-53(41-37-48)61(52-38-34-47(35-39-52)44-18-6-2-7-19-44)57-27-12-10-24-54(57)49-20-14-21-50(42-49)55-26-15-29-59-60(55)56-25-11-13-28-58(56)62(59)51-22-8-3-9-23-51/h1-42H. The molecule has 0 N–H and O–H groups in total. The Kier molecular flexibility index (Phi) is 9.57. The number of rotatable bonds is 9. The normalized spacial score (nSPS) is 11.2. The molecule has 2 nitrogen and oxygen atoms in total. The van der Waals surface area contributed by atoms with Crippen LogP contribution >= 0.6 is 0 Å². The van der Waals surface area contributed by atoms with E-state index in [1.807, 2.05) is 0 Å². The van der Waals surface area contributed by atoms with Crippen LogP contribution in [-0.2, 0) is 0 Å². The predicted molar refractivity (Wildman–Crippen MR) is 263 cm³/mol. The van der Waals surface area contributed by atoms with Gasteiger partial charge in [0.05, 0.1) is 16.7 Å². The summed E-state index contributed by atoms with van der Waals surface area (Å²) in [5.74, 6) is 0. The third-order valence-corrected chi connectivity index (χ3v) is 12.0. The van der Waals surface area contributed by atoms with Crippen LogP contribution in [0.5, 0.6) is 0 Å². The molecule has 0 saturated heterocycles. The zero-order valence-corrected chi connectivity index (χ0v) is 34.1. The summed E-state index contributed by atoms with van der Waals surface area (Å²) >= 11 is 0. The lowest BCUT2D eigenvalue weighted by Gasteiger charge is -2.28. The molecule has 0 spiro atoms. The maximum Gasteiger partial charge on any atom is 0.0547 e. The lowest BCUT2D eigenvalue weighted by Crippen LogP contribution is -2.11. The monoisotopic (exact) mass is 790 g/mol. The van der Waals surface area contributed by atoms with Gasteiger partial charge >= 0.3 is 0 Å². The average molecular weight is 791 g/mol.